The molecule has 1 unspecified atom stereocenters. The molecule has 136 valence electrons. The minimum absolute atomic E-state index is 0.00296. The van der Waals surface area contributed by atoms with Crippen molar-refractivity contribution in [3.8, 4) is 23.3 Å². The summed E-state index contributed by atoms with van der Waals surface area (Å²) in [6, 6.07) is 2.25. The van der Waals surface area contributed by atoms with E-state index in [9.17, 15) is 19.5 Å². The number of amides is 4. The zero-order valence-corrected chi connectivity index (χ0v) is 14.0. The molecule has 0 saturated carbocycles. The van der Waals surface area contributed by atoms with Gasteiger partial charge in [0.25, 0.3) is 11.8 Å². The van der Waals surface area contributed by atoms with E-state index in [1.807, 2.05) is 0 Å². The summed E-state index contributed by atoms with van der Waals surface area (Å²) in [5.74, 6) is 4.10. The number of fused-ring (bicyclic) bond motifs is 1. The number of carbonyl (C=O) groups is 3. The van der Waals surface area contributed by atoms with E-state index in [2.05, 4.69) is 22.5 Å². The van der Waals surface area contributed by atoms with E-state index >= 15 is 0 Å². The summed E-state index contributed by atoms with van der Waals surface area (Å²) < 4.78 is 5.33. The van der Waals surface area contributed by atoms with Crippen LogP contribution in [0.3, 0.4) is 0 Å². The number of nitrogens with one attached hydrogen (secondary N) is 2. The second kappa shape index (κ2) is 6.57. The number of aliphatic hydroxyl groups excluding tert-OH is 1. The molecule has 1 atom stereocenters. The van der Waals surface area contributed by atoms with Crippen molar-refractivity contribution in [2.75, 3.05) is 19.8 Å². The third-order valence-electron chi connectivity index (χ3n) is 4.19. The first-order chi connectivity index (χ1) is 12.3. The number of phenols is 1. The fraction of sp³-hybridized carbons (Fsp3) is 0.353. The Hall–Kier alpha value is -3.25. The van der Waals surface area contributed by atoms with Crippen molar-refractivity contribution in [3.63, 3.8) is 0 Å². The van der Waals surface area contributed by atoms with Gasteiger partial charge in [-0.2, -0.15) is 0 Å². The van der Waals surface area contributed by atoms with Crippen LogP contribution in [0.25, 0.3) is 0 Å². The predicted octanol–water partition coefficient (Wildman–Crippen LogP) is -0.679. The zero-order chi connectivity index (χ0) is 18.9. The molecule has 0 spiro atoms. The van der Waals surface area contributed by atoms with Crippen LogP contribution in [-0.2, 0) is 11.3 Å². The van der Waals surface area contributed by atoms with Crippen molar-refractivity contribution in [2.24, 2.45) is 0 Å². The molecule has 1 saturated heterocycles. The van der Waals surface area contributed by atoms with E-state index < -0.39 is 17.5 Å². The van der Waals surface area contributed by atoms with Crippen molar-refractivity contribution in [2.45, 2.75) is 19.0 Å². The van der Waals surface area contributed by atoms with Crippen LogP contribution in [0.4, 0.5) is 4.79 Å². The average molecular weight is 359 g/mol. The zero-order valence-electron chi connectivity index (χ0n) is 14.0. The molecule has 0 radical (unpaired) electrons. The highest BCUT2D eigenvalue weighted by Crippen LogP contribution is 2.35. The van der Waals surface area contributed by atoms with Crippen molar-refractivity contribution in [3.05, 3.63) is 23.3 Å². The molecule has 0 bridgehead atoms. The topological polar surface area (TPSA) is 128 Å². The van der Waals surface area contributed by atoms with Crippen molar-refractivity contribution < 1.29 is 29.3 Å². The summed E-state index contributed by atoms with van der Waals surface area (Å²) >= 11 is 0. The van der Waals surface area contributed by atoms with Crippen LogP contribution < -0.4 is 15.4 Å². The smallest absolute Gasteiger partial charge is 0.322 e. The number of imide groups is 1. The molecule has 4 N–H and O–H groups in total. The Morgan fingerprint density at radius 3 is 2.73 bits per heavy atom. The highest BCUT2D eigenvalue weighted by Gasteiger charge is 2.45. The first-order valence-corrected chi connectivity index (χ1v) is 7.82. The minimum atomic E-state index is -1.21. The van der Waals surface area contributed by atoms with Gasteiger partial charge in [-0.1, -0.05) is 11.8 Å². The Morgan fingerprint density at radius 1 is 1.31 bits per heavy atom. The van der Waals surface area contributed by atoms with Gasteiger partial charge >= 0.3 is 6.03 Å². The lowest BCUT2D eigenvalue weighted by atomic mass is 10.0. The SMILES string of the molecule is CC1(CN2Cc3cc(OCC#CCO)c(O)cc3C2=O)NC(=O)NC1=O. The van der Waals surface area contributed by atoms with Gasteiger partial charge in [-0.25, -0.2) is 4.79 Å². The number of hydrogen-bond acceptors (Lipinski definition) is 6. The summed E-state index contributed by atoms with van der Waals surface area (Å²) in [5, 5.41) is 23.3. The first kappa shape index (κ1) is 17.6. The third kappa shape index (κ3) is 3.14. The number of aliphatic hydroxyl groups is 1. The molecular weight excluding hydrogens is 342 g/mol. The van der Waals surface area contributed by atoms with Gasteiger partial charge in [-0.05, 0) is 24.6 Å². The maximum absolute atomic E-state index is 12.6. The molecule has 1 aromatic carbocycles. The highest BCUT2D eigenvalue weighted by molar-refractivity contribution is 6.07. The van der Waals surface area contributed by atoms with Crippen LogP contribution >= 0.6 is 0 Å². The van der Waals surface area contributed by atoms with E-state index in [1.54, 1.807) is 6.07 Å². The fourth-order valence-electron chi connectivity index (χ4n) is 2.92. The molecule has 0 aromatic heterocycles. The number of ether oxygens (including phenoxy) is 1. The summed E-state index contributed by atoms with van der Waals surface area (Å²) in [5.41, 5.74) is -0.272. The van der Waals surface area contributed by atoms with Gasteiger partial charge in [0.2, 0.25) is 0 Å². The Kier molecular flexibility index (Phi) is 4.44. The summed E-state index contributed by atoms with van der Waals surface area (Å²) in [6.45, 7) is 1.44. The molecule has 2 heterocycles. The van der Waals surface area contributed by atoms with Crippen LogP contribution in [0.5, 0.6) is 11.5 Å². The summed E-state index contributed by atoms with van der Waals surface area (Å²) in [6.07, 6.45) is 0. The van der Waals surface area contributed by atoms with Gasteiger partial charge in [0, 0.05) is 12.1 Å². The molecule has 1 aromatic rings. The van der Waals surface area contributed by atoms with Gasteiger partial charge in [-0.15, -0.1) is 0 Å². The van der Waals surface area contributed by atoms with E-state index in [-0.39, 0.29) is 43.7 Å². The lowest BCUT2D eigenvalue weighted by Gasteiger charge is -2.26. The molecule has 9 nitrogen and oxygen atoms in total. The Labute approximate surface area is 148 Å². The van der Waals surface area contributed by atoms with Crippen LogP contribution in [0.1, 0.15) is 22.8 Å². The Balaban J connectivity index is 1.76. The van der Waals surface area contributed by atoms with Crippen LogP contribution in [0.2, 0.25) is 0 Å². The highest BCUT2D eigenvalue weighted by atomic mass is 16.5. The molecule has 9 heteroatoms. The van der Waals surface area contributed by atoms with E-state index in [4.69, 9.17) is 9.84 Å². The largest absolute Gasteiger partial charge is 0.504 e. The Bertz CT molecular complexity index is 856. The molecular formula is C17H17N3O6. The van der Waals surface area contributed by atoms with Gasteiger partial charge < -0.3 is 25.2 Å². The number of aromatic hydroxyl groups is 1. The standard InChI is InChI=1S/C17H17N3O6/c1-17(15(24)18-16(25)19-17)9-20-8-10-6-13(26-5-3-2-4-21)12(22)7-11(10)14(20)23/h6-7,21-22H,4-5,8-9H2,1H3,(H2,18,19,24,25). The van der Waals surface area contributed by atoms with Crippen LogP contribution in [0.15, 0.2) is 12.1 Å². The van der Waals surface area contributed by atoms with Gasteiger partial charge in [0.1, 0.15) is 18.8 Å². The fourth-order valence-corrected chi connectivity index (χ4v) is 2.92. The van der Waals surface area contributed by atoms with E-state index in [0.717, 1.165) is 0 Å². The number of urea groups is 1. The molecule has 2 aliphatic heterocycles. The molecule has 4 amide bonds. The van der Waals surface area contributed by atoms with Crippen molar-refractivity contribution in [1.82, 2.24) is 15.5 Å². The van der Waals surface area contributed by atoms with Crippen LogP contribution in [-0.4, -0.2) is 58.3 Å². The van der Waals surface area contributed by atoms with E-state index in [1.165, 1.54) is 17.9 Å². The Morgan fingerprint density at radius 2 is 2.08 bits per heavy atom. The third-order valence-corrected chi connectivity index (χ3v) is 4.19. The molecule has 0 aliphatic carbocycles. The molecule has 2 aliphatic rings. The molecule has 3 rings (SSSR count). The monoisotopic (exact) mass is 359 g/mol. The average Bonchev–Trinajstić information content (AvgIpc) is 3.00. The number of benzene rings is 1. The lowest BCUT2D eigenvalue weighted by molar-refractivity contribution is -0.123. The maximum Gasteiger partial charge on any atom is 0.322 e. The van der Waals surface area contributed by atoms with Gasteiger partial charge in [0.15, 0.2) is 11.5 Å². The molecule has 26 heavy (non-hydrogen) atoms. The quantitative estimate of drug-likeness (QED) is 0.417. The van der Waals surface area contributed by atoms with E-state index in [0.29, 0.717) is 11.1 Å². The predicted molar refractivity (Wildman–Crippen MR) is 88.3 cm³/mol. The van der Waals surface area contributed by atoms with Crippen molar-refractivity contribution >= 4 is 17.8 Å². The summed E-state index contributed by atoms with van der Waals surface area (Å²) in [7, 11) is 0. The normalized spacial score (nSPS) is 21.0. The number of hydrogen-bond donors (Lipinski definition) is 4. The van der Waals surface area contributed by atoms with Gasteiger partial charge in [-0.3, -0.25) is 14.9 Å². The first-order valence-electron chi connectivity index (χ1n) is 7.82. The van der Waals surface area contributed by atoms with Crippen LogP contribution in [0, 0.1) is 11.8 Å². The summed E-state index contributed by atoms with van der Waals surface area (Å²) in [4.78, 5) is 37.3. The maximum atomic E-state index is 12.6. The number of rotatable bonds is 4. The number of phenolic OH excluding ortho intramolecular Hbond substituents is 1. The number of carbonyl (C=O) groups excluding carboxylic acids is 3. The second-order valence-electron chi connectivity index (χ2n) is 6.18. The number of nitrogens with zero attached hydrogens (tertiary/aromatic N) is 1. The molecule has 1 fully saturated rings. The second-order valence-corrected chi connectivity index (χ2v) is 6.18. The van der Waals surface area contributed by atoms with Crippen molar-refractivity contribution in [1.29, 1.82) is 0 Å². The minimum Gasteiger partial charge on any atom is -0.504 e. The van der Waals surface area contributed by atoms with Gasteiger partial charge in [0.05, 0.1) is 6.54 Å². The lowest BCUT2D eigenvalue weighted by Crippen LogP contribution is -2.52.